The van der Waals surface area contributed by atoms with Crippen LogP contribution < -0.4 is 10.1 Å². The Bertz CT molecular complexity index is 735. The Balaban J connectivity index is 2.25. The summed E-state index contributed by atoms with van der Waals surface area (Å²) in [6, 6.07) is 5.54. The number of ether oxygens (including phenoxy) is 1. The maximum absolute atomic E-state index is 12.2. The first-order valence-corrected chi connectivity index (χ1v) is 7.39. The van der Waals surface area contributed by atoms with Crippen LogP contribution in [0, 0.1) is 6.92 Å². The average molecular weight is 323 g/mol. The second kappa shape index (κ2) is 5.94. The third kappa shape index (κ3) is 3.05. The molecule has 0 aliphatic carbocycles. The summed E-state index contributed by atoms with van der Waals surface area (Å²) in [5.41, 5.74) is -1.20. The van der Waals surface area contributed by atoms with Crippen molar-refractivity contribution in [1.29, 1.82) is 0 Å². The topological polar surface area (TPSA) is 95.9 Å². The van der Waals surface area contributed by atoms with Crippen LogP contribution in [0.1, 0.15) is 22.2 Å². The number of nitrogens with one attached hydrogen (secondary N) is 1. The first-order chi connectivity index (χ1) is 10.3. The Labute approximate surface area is 131 Å². The van der Waals surface area contributed by atoms with Crippen molar-refractivity contribution in [3.8, 4) is 5.75 Å². The number of amides is 1. The predicted octanol–water partition coefficient (Wildman–Crippen LogP) is 1.78. The monoisotopic (exact) mass is 323 g/mol. The van der Waals surface area contributed by atoms with Gasteiger partial charge in [0.2, 0.25) is 0 Å². The molecule has 0 bridgehead atoms. The first-order valence-electron chi connectivity index (χ1n) is 6.57. The third-order valence-corrected chi connectivity index (χ3v) is 4.68. The highest BCUT2D eigenvalue weighted by Gasteiger charge is 2.30. The smallest absolute Gasteiger partial charge is 0.337 e. The Kier molecular flexibility index (Phi) is 4.39. The summed E-state index contributed by atoms with van der Waals surface area (Å²) in [5, 5.41) is 21.9. The van der Waals surface area contributed by atoms with E-state index in [1.165, 1.54) is 11.3 Å². The van der Waals surface area contributed by atoms with Gasteiger partial charge in [-0.15, -0.1) is 11.3 Å². The molecule has 0 saturated heterocycles. The van der Waals surface area contributed by atoms with Crippen molar-refractivity contribution >= 4 is 33.3 Å². The van der Waals surface area contributed by atoms with Crippen molar-refractivity contribution in [1.82, 2.24) is 5.32 Å². The molecule has 2 rings (SSSR count). The number of aliphatic hydroxyl groups is 1. The SMILES string of the molecule is COc1ccc2sc(C(=O)NCC(C)(O)C(=O)O)c(C)c2c1. The highest BCUT2D eigenvalue weighted by atomic mass is 32.1. The van der Waals surface area contributed by atoms with E-state index in [9.17, 15) is 14.7 Å². The van der Waals surface area contributed by atoms with Gasteiger partial charge in [-0.25, -0.2) is 4.79 Å². The van der Waals surface area contributed by atoms with Gasteiger partial charge in [0.15, 0.2) is 5.60 Å². The van der Waals surface area contributed by atoms with Gasteiger partial charge in [0.05, 0.1) is 18.5 Å². The minimum absolute atomic E-state index is 0.363. The molecular formula is C15H17NO5S. The standard InChI is InChI=1S/C15H17NO5S/c1-8-10-6-9(21-3)4-5-11(10)22-12(8)13(17)16-7-15(2,20)14(18)19/h4-6,20H,7H2,1-3H3,(H,16,17)(H,18,19). The number of thiophene rings is 1. The maximum atomic E-state index is 12.2. The van der Waals surface area contributed by atoms with Crippen molar-refractivity contribution in [2.75, 3.05) is 13.7 Å². The fourth-order valence-corrected chi connectivity index (χ4v) is 3.06. The largest absolute Gasteiger partial charge is 0.497 e. The fraction of sp³-hybridized carbons (Fsp3) is 0.333. The van der Waals surface area contributed by atoms with Crippen molar-refractivity contribution in [3.05, 3.63) is 28.6 Å². The number of carboxylic acid groups (broad SMARTS) is 1. The van der Waals surface area contributed by atoms with Gasteiger partial charge in [-0.1, -0.05) is 0 Å². The van der Waals surface area contributed by atoms with Gasteiger partial charge in [-0.05, 0) is 43.0 Å². The second-order valence-electron chi connectivity index (χ2n) is 5.18. The van der Waals surface area contributed by atoms with Crippen LogP contribution in [0.3, 0.4) is 0 Å². The highest BCUT2D eigenvalue weighted by molar-refractivity contribution is 7.21. The molecule has 0 aliphatic rings. The van der Waals surface area contributed by atoms with Crippen LogP contribution in [0.5, 0.6) is 5.75 Å². The van der Waals surface area contributed by atoms with E-state index in [1.807, 2.05) is 25.1 Å². The highest BCUT2D eigenvalue weighted by Crippen LogP contribution is 2.33. The van der Waals surface area contributed by atoms with E-state index in [-0.39, 0.29) is 6.54 Å². The molecule has 0 spiro atoms. The van der Waals surface area contributed by atoms with Gasteiger partial charge in [0, 0.05) is 4.70 Å². The van der Waals surface area contributed by atoms with Gasteiger partial charge in [-0.3, -0.25) is 4.79 Å². The van der Waals surface area contributed by atoms with Crippen LogP contribution in [-0.4, -0.2) is 41.3 Å². The van der Waals surface area contributed by atoms with Crippen LogP contribution in [0.4, 0.5) is 0 Å². The lowest BCUT2D eigenvalue weighted by atomic mass is 10.1. The minimum Gasteiger partial charge on any atom is -0.497 e. The van der Waals surface area contributed by atoms with E-state index in [0.717, 1.165) is 22.6 Å². The van der Waals surface area contributed by atoms with E-state index in [4.69, 9.17) is 9.84 Å². The zero-order valence-electron chi connectivity index (χ0n) is 12.5. The fourth-order valence-electron chi connectivity index (χ4n) is 1.95. The summed E-state index contributed by atoms with van der Waals surface area (Å²) in [6.45, 7) is 2.60. The van der Waals surface area contributed by atoms with E-state index >= 15 is 0 Å². The Morgan fingerprint density at radius 3 is 2.68 bits per heavy atom. The van der Waals surface area contributed by atoms with Crippen LogP contribution in [0.2, 0.25) is 0 Å². The molecule has 6 nitrogen and oxygen atoms in total. The summed E-state index contributed by atoms with van der Waals surface area (Å²) in [5.74, 6) is -1.08. The number of methoxy groups -OCH3 is 1. The molecule has 118 valence electrons. The number of benzene rings is 1. The Morgan fingerprint density at radius 2 is 2.09 bits per heavy atom. The molecule has 3 N–H and O–H groups in total. The molecule has 0 fully saturated rings. The number of carboxylic acids is 1. The number of aryl methyl sites for hydroxylation is 1. The quantitative estimate of drug-likeness (QED) is 0.779. The number of rotatable bonds is 5. The second-order valence-corrected chi connectivity index (χ2v) is 6.23. The lowest BCUT2D eigenvalue weighted by Gasteiger charge is -2.18. The van der Waals surface area contributed by atoms with Crippen molar-refractivity contribution in [2.45, 2.75) is 19.4 Å². The number of hydrogen-bond acceptors (Lipinski definition) is 5. The summed E-state index contributed by atoms with van der Waals surface area (Å²) >= 11 is 1.31. The van der Waals surface area contributed by atoms with Crippen molar-refractivity contribution in [3.63, 3.8) is 0 Å². The lowest BCUT2D eigenvalue weighted by molar-refractivity contribution is -0.155. The number of carbonyl (C=O) groups is 2. The lowest BCUT2D eigenvalue weighted by Crippen LogP contribution is -2.46. The average Bonchev–Trinajstić information content (AvgIpc) is 2.81. The summed E-state index contributed by atoms with van der Waals surface area (Å²) in [7, 11) is 1.57. The van der Waals surface area contributed by atoms with E-state index in [0.29, 0.717) is 10.6 Å². The predicted molar refractivity (Wildman–Crippen MR) is 83.7 cm³/mol. The molecule has 7 heteroatoms. The molecule has 1 amide bonds. The van der Waals surface area contributed by atoms with Crippen LogP contribution in [0.15, 0.2) is 18.2 Å². The number of hydrogen-bond donors (Lipinski definition) is 3. The van der Waals surface area contributed by atoms with Gasteiger partial charge >= 0.3 is 5.97 Å². The molecule has 1 aromatic heterocycles. The third-order valence-electron chi connectivity index (χ3n) is 3.40. The number of carbonyl (C=O) groups excluding carboxylic acids is 1. The summed E-state index contributed by atoms with van der Waals surface area (Å²) in [6.07, 6.45) is 0. The number of aliphatic carboxylic acids is 1. The van der Waals surface area contributed by atoms with Crippen molar-refractivity contribution in [2.24, 2.45) is 0 Å². The molecule has 1 unspecified atom stereocenters. The zero-order chi connectivity index (χ0) is 16.5. The van der Waals surface area contributed by atoms with E-state index in [1.54, 1.807) is 7.11 Å². The number of fused-ring (bicyclic) bond motifs is 1. The molecule has 22 heavy (non-hydrogen) atoms. The van der Waals surface area contributed by atoms with E-state index in [2.05, 4.69) is 5.32 Å². The molecular weight excluding hydrogens is 306 g/mol. The summed E-state index contributed by atoms with van der Waals surface area (Å²) in [4.78, 5) is 23.5. The minimum atomic E-state index is -2.00. The molecule has 1 aromatic carbocycles. The molecule has 2 aromatic rings. The molecule has 1 heterocycles. The van der Waals surface area contributed by atoms with Crippen LogP contribution in [0.25, 0.3) is 10.1 Å². The van der Waals surface area contributed by atoms with Gasteiger partial charge in [-0.2, -0.15) is 0 Å². The maximum Gasteiger partial charge on any atom is 0.337 e. The van der Waals surface area contributed by atoms with Gasteiger partial charge < -0.3 is 20.3 Å². The summed E-state index contributed by atoms with van der Waals surface area (Å²) < 4.78 is 6.11. The van der Waals surface area contributed by atoms with Gasteiger partial charge in [0.25, 0.3) is 5.91 Å². The van der Waals surface area contributed by atoms with Crippen LogP contribution >= 0.6 is 11.3 Å². The molecule has 0 aliphatic heterocycles. The zero-order valence-corrected chi connectivity index (χ0v) is 13.3. The Morgan fingerprint density at radius 1 is 1.41 bits per heavy atom. The Hall–Kier alpha value is -2.12. The van der Waals surface area contributed by atoms with Crippen LogP contribution in [-0.2, 0) is 4.79 Å². The van der Waals surface area contributed by atoms with E-state index < -0.39 is 17.5 Å². The first kappa shape index (κ1) is 16.3. The van der Waals surface area contributed by atoms with Crippen molar-refractivity contribution < 1.29 is 24.5 Å². The molecule has 0 radical (unpaired) electrons. The van der Waals surface area contributed by atoms with Gasteiger partial charge in [0.1, 0.15) is 5.75 Å². The molecule has 1 atom stereocenters. The normalized spacial score (nSPS) is 13.6. The molecule has 0 saturated carbocycles.